The molecule has 0 aliphatic carbocycles. The van der Waals surface area contributed by atoms with Gasteiger partial charge in [0.15, 0.2) is 27.7 Å². The number of aromatic nitrogens is 2. The van der Waals surface area contributed by atoms with E-state index in [0.29, 0.717) is 38.6 Å². The van der Waals surface area contributed by atoms with Gasteiger partial charge in [0.25, 0.3) is 0 Å². The Labute approximate surface area is 157 Å². The molecule has 126 valence electrons. The molecule has 2 aromatic heterocycles. The Morgan fingerprint density at radius 2 is 2.04 bits per heavy atom. The second kappa shape index (κ2) is 6.92. The number of rotatable bonds is 5. The van der Waals surface area contributed by atoms with Crippen molar-refractivity contribution in [2.24, 2.45) is 0 Å². The second-order valence-corrected chi connectivity index (χ2v) is 7.24. The summed E-state index contributed by atoms with van der Waals surface area (Å²) in [6, 6.07) is 11.0. The zero-order valence-electron chi connectivity index (χ0n) is 12.7. The standard InChI is InChI=1S/C17H11Cl2N3O2S/c18-12-6-10(20-7-11-8-21-17(19)25-11)4-5-13(12)24-15-3-1-2-14-16(15)22-9-23-14/h1-6,8-9,20H,7H2. The Hall–Kier alpha value is -2.28. The van der Waals surface area contributed by atoms with E-state index >= 15 is 0 Å². The molecule has 2 heterocycles. The quantitative estimate of drug-likeness (QED) is 0.452. The van der Waals surface area contributed by atoms with E-state index in [4.69, 9.17) is 32.4 Å². The predicted molar refractivity (Wildman–Crippen MR) is 100.0 cm³/mol. The van der Waals surface area contributed by atoms with Crippen LogP contribution in [0.3, 0.4) is 0 Å². The van der Waals surface area contributed by atoms with Crippen LogP contribution in [0.1, 0.15) is 4.88 Å². The summed E-state index contributed by atoms with van der Waals surface area (Å²) in [6.07, 6.45) is 3.13. The fourth-order valence-corrected chi connectivity index (χ4v) is 3.45. The van der Waals surface area contributed by atoms with Crippen molar-refractivity contribution in [1.82, 2.24) is 9.97 Å². The largest absolute Gasteiger partial charge is 0.453 e. The Kier molecular flexibility index (Phi) is 4.48. The maximum atomic E-state index is 6.35. The molecule has 0 saturated heterocycles. The summed E-state index contributed by atoms with van der Waals surface area (Å²) in [5.74, 6) is 1.14. The van der Waals surface area contributed by atoms with Gasteiger partial charge in [0.05, 0.1) is 11.6 Å². The highest BCUT2D eigenvalue weighted by Crippen LogP contribution is 2.34. The van der Waals surface area contributed by atoms with E-state index in [1.165, 1.54) is 17.7 Å². The number of anilines is 1. The molecule has 4 rings (SSSR count). The first-order valence-electron chi connectivity index (χ1n) is 7.33. The van der Waals surface area contributed by atoms with Crippen LogP contribution in [0.4, 0.5) is 5.69 Å². The second-order valence-electron chi connectivity index (χ2n) is 5.14. The lowest BCUT2D eigenvalue weighted by atomic mass is 10.2. The summed E-state index contributed by atoms with van der Waals surface area (Å²) >= 11 is 13.6. The van der Waals surface area contributed by atoms with Gasteiger partial charge in [-0.3, -0.25) is 0 Å². The van der Waals surface area contributed by atoms with E-state index in [-0.39, 0.29) is 0 Å². The van der Waals surface area contributed by atoms with E-state index in [2.05, 4.69) is 15.3 Å². The topological polar surface area (TPSA) is 60.2 Å². The Bertz CT molecular complexity index is 1030. The Balaban J connectivity index is 1.50. The fourth-order valence-electron chi connectivity index (χ4n) is 2.31. The van der Waals surface area contributed by atoms with Crippen LogP contribution in [-0.2, 0) is 6.54 Å². The van der Waals surface area contributed by atoms with Gasteiger partial charge in [-0.25, -0.2) is 9.97 Å². The van der Waals surface area contributed by atoms with Crippen LogP contribution in [0, 0.1) is 0 Å². The molecule has 8 heteroatoms. The van der Waals surface area contributed by atoms with E-state index in [9.17, 15) is 0 Å². The number of hydrogen-bond acceptors (Lipinski definition) is 6. The number of benzene rings is 2. The Morgan fingerprint density at radius 3 is 2.84 bits per heavy atom. The summed E-state index contributed by atoms with van der Waals surface area (Å²) in [7, 11) is 0. The van der Waals surface area contributed by atoms with Crippen molar-refractivity contribution in [2.75, 3.05) is 5.32 Å². The highest BCUT2D eigenvalue weighted by atomic mass is 35.5. The molecule has 2 aromatic carbocycles. The minimum atomic E-state index is 0.493. The molecule has 5 nitrogen and oxygen atoms in total. The molecule has 0 amide bonds. The first kappa shape index (κ1) is 16.2. The van der Waals surface area contributed by atoms with Crippen LogP contribution in [0.5, 0.6) is 11.5 Å². The first-order chi connectivity index (χ1) is 12.2. The number of para-hydroxylation sites is 1. The van der Waals surface area contributed by atoms with E-state index < -0.39 is 0 Å². The third-order valence-electron chi connectivity index (χ3n) is 3.47. The summed E-state index contributed by atoms with van der Waals surface area (Å²) < 4.78 is 11.7. The van der Waals surface area contributed by atoms with Gasteiger partial charge in [-0.05, 0) is 30.3 Å². The summed E-state index contributed by atoms with van der Waals surface area (Å²) in [5.41, 5.74) is 2.19. The maximum absolute atomic E-state index is 6.35. The van der Waals surface area contributed by atoms with Gasteiger partial charge in [0.1, 0.15) is 5.75 Å². The normalized spacial score (nSPS) is 11.0. The maximum Gasteiger partial charge on any atom is 0.183 e. The van der Waals surface area contributed by atoms with Crippen molar-refractivity contribution in [3.05, 3.63) is 63.4 Å². The van der Waals surface area contributed by atoms with Crippen molar-refractivity contribution in [3.63, 3.8) is 0 Å². The third kappa shape index (κ3) is 3.56. The smallest absolute Gasteiger partial charge is 0.183 e. The highest BCUT2D eigenvalue weighted by molar-refractivity contribution is 7.15. The molecular weight excluding hydrogens is 381 g/mol. The molecule has 0 saturated carbocycles. The number of hydrogen-bond donors (Lipinski definition) is 1. The van der Waals surface area contributed by atoms with Crippen molar-refractivity contribution < 1.29 is 9.15 Å². The first-order valence-corrected chi connectivity index (χ1v) is 8.90. The van der Waals surface area contributed by atoms with Crippen molar-refractivity contribution >= 4 is 51.3 Å². The predicted octanol–water partition coefficient (Wildman–Crippen LogP) is 6.00. The van der Waals surface area contributed by atoms with Crippen LogP contribution in [-0.4, -0.2) is 9.97 Å². The highest BCUT2D eigenvalue weighted by Gasteiger charge is 2.10. The van der Waals surface area contributed by atoms with Crippen LogP contribution < -0.4 is 10.1 Å². The molecule has 0 radical (unpaired) electrons. The fraction of sp³-hybridized carbons (Fsp3) is 0.0588. The molecule has 0 aliphatic rings. The van der Waals surface area contributed by atoms with Crippen LogP contribution in [0.15, 0.2) is 53.4 Å². The molecule has 0 fully saturated rings. The molecule has 0 bridgehead atoms. The third-order valence-corrected chi connectivity index (χ3v) is 4.88. The van der Waals surface area contributed by atoms with Crippen molar-refractivity contribution in [3.8, 4) is 11.5 Å². The molecule has 25 heavy (non-hydrogen) atoms. The number of ether oxygens (including phenoxy) is 1. The van der Waals surface area contributed by atoms with E-state index in [1.54, 1.807) is 6.20 Å². The van der Waals surface area contributed by atoms with Crippen LogP contribution in [0.25, 0.3) is 11.1 Å². The molecule has 4 aromatic rings. The number of oxazole rings is 1. The summed E-state index contributed by atoms with van der Waals surface area (Å²) in [5, 5.41) is 3.77. The number of fused-ring (bicyclic) bond motifs is 1. The molecule has 0 atom stereocenters. The van der Waals surface area contributed by atoms with Gasteiger partial charge in [0, 0.05) is 16.8 Å². The zero-order chi connectivity index (χ0) is 17.2. The van der Waals surface area contributed by atoms with Crippen LogP contribution >= 0.6 is 34.5 Å². The average Bonchev–Trinajstić information content (AvgIpc) is 3.24. The van der Waals surface area contributed by atoms with Gasteiger partial charge in [-0.15, -0.1) is 11.3 Å². The zero-order valence-corrected chi connectivity index (χ0v) is 15.0. The average molecular weight is 392 g/mol. The number of nitrogens with zero attached hydrogens (tertiary/aromatic N) is 2. The van der Waals surface area contributed by atoms with Gasteiger partial charge in [-0.2, -0.15) is 0 Å². The van der Waals surface area contributed by atoms with Crippen LogP contribution in [0.2, 0.25) is 9.49 Å². The summed E-state index contributed by atoms with van der Waals surface area (Å²) in [6.45, 7) is 0.624. The minimum absolute atomic E-state index is 0.493. The van der Waals surface area contributed by atoms with Gasteiger partial charge in [-0.1, -0.05) is 29.3 Å². The molecule has 0 spiro atoms. The van der Waals surface area contributed by atoms with Gasteiger partial charge in [0.2, 0.25) is 0 Å². The molecular formula is C17H11Cl2N3O2S. The molecule has 0 aliphatic heterocycles. The van der Waals surface area contributed by atoms with Gasteiger partial charge >= 0.3 is 0 Å². The van der Waals surface area contributed by atoms with Crippen molar-refractivity contribution in [2.45, 2.75) is 6.54 Å². The van der Waals surface area contributed by atoms with Crippen molar-refractivity contribution in [1.29, 1.82) is 0 Å². The molecule has 0 unspecified atom stereocenters. The lowest BCUT2D eigenvalue weighted by molar-refractivity contribution is 0.487. The lowest BCUT2D eigenvalue weighted by Gasteiger charge is -2.10. The number of halogens is 2. The molecule has 1 N–H and O–H groups in total. The monoisotopic (exact) mass is 391 g/mol. The minimum Gasteiger partial charge on any atom is -0.453 e. The van der Waals surface area contributed by atoms with Gasteiger partial charge < -0.3 is 14.5 Å². The van der Waals surface area contributed by atoms with E-state index in [1.807, 2.05) is 36.4 Å². The number of nitrogens with one attached hydrogen (secondary N) is 1. The Morgan fingerprint density at radius 1 is 1.12 bits per heavy atom. The summed E-state index contributed by atoms with van der Waals surface area (Å²) in [4.78, 5) is 9.22. The van der Waals surface area contributed by atoms with E-state index in [0.717, 1.165) is 10.6 Å². The SMILES string of the molecule is Clc1ncc(CNc2ccc(Oc3cccc4ocnc34)c(Cl)c2)s1. The number of thiazole rings is 1. The lowest BCUT2D eigenvalue weighted by Crippen LogP contribution is -1.97.